The first-order chi connectivity index (χ1) is 8.92. The van der Waals surface area contributed by atoms with Gasteiger partial charge in [-0.3, -0.25) is 14.1 Å². The summed E-state index contributed by atoms with van der Waals surface area (Å²) in [5.74, 6) is 0.305. The van der Waals surface area contributed by atoms with Gasteiger partial charge in [0.25, 0.3) is 10.0 Å². The minimum absolute atomic E-state index is 0.114. The molecule has 0 radical (unpaired) electrons. The van der Waals surface area contributed by atoms with E-state index >= 15 is 0 Å². The lowest BCUT2D eigenvalue weighted by molar-refractivity contribution is 0.531. The summed E-state index contributed by atoms with van der Waals surface area (Å²) in [6.45, 7) is 6.48. The summed E-state index contributed by atoms with van der Waals surface area (Å²) in [7, 11) is -3.63. The maximum absolute atomic E-state index is 12.1. The van der Waals surface area contributed by atoms with E-state index in [0.29, 0.717) is 12.4 Å². The van der Waals surface area contributed by atoms with Crippen LogP contribution in [-0.2, 0) is 16.6 Å². The van der Waals surface area contributed by atoms with E-state index < -0.39 is 10.0 Å². The molecule has 0 saturated heterocycles. The largest absolute Gasteiger partial charge is 0.271 e. The SMILES string of the molecule is CCn1ccc(NS(=O)(=O)c2cnn(C(C)C)c2)n1. The van der Waals surface area contributed by atoms with Crippen molar-refractivity contribution in [2.24, 2.45) is 0 Å². The maximum atomic E-state index is 12.1. The number of nitrogens with zero attached hydrogens (tertiary/aromatic N) is 4. The average Bonchev–Trinajstić information content (AvgIpc) is 2.95. The molecule has 2 aromatic rings. The molecule has 2 heterocycles. The molecule has 104 valence electrons. The van der Waals surface area contributed by atoms with Crippen LogP contribution in [0.2, 0.25) is 0 Å². The van der Waals surface area contributed by atoms with E-state index in [1.165, 1.54) is 12.4 Å². The van der Waals surface area contributed by atoms with Crippen LogP contribution in [-0.4, -0.2) is 28.0 Å². The van der Waals surface area contributed by atoms with Gasteiger partial charge in [-0.05, 0) is 20.8 Å². The first-order valence-corrected chi connectivity index (χ1v) is 7.51. The Morgan fingerprint density at radius 2 is 2.16 bits per heavy atom. The number of nitrogens with one attached hydrogen (secondary N) is 1. The minimum Gasteiger partial charge on any atom is -0.271 e. The first-order valence-electron chi connectivity index (χ1n) is 6.03. The van der Waals surface area contributed by atoms with Crippen molar-refractivity contribution in [1.82, 2.24) is 19.6 Å². The monoisotopic (exact) mass is 283 g/mol. The van der Waals surface area contributed by atoms with Crippen molar-refractivity contribution in [1.29, 1.82) is 0 Å². The molecular weight excluding hydrogens is 266 g/mol. The fourth-order valence-corrected chi connectivity index (χ4v) is 2.47. The molecule has 0 spiro atoms. The van der Waals surface area contributed by atoms with Gasteiger partial charge in [-0.1, -0.05) is 0 Å². The van der Waals surface area contributed by atoms with E-state index in [4.69, 9.17) is 0 Å². The van der Waals surface area contributed by atoms with Crippen molar-refractivity contribution in [3.8, 4) is 0 Å². The summed E-state index contributed by atoms with van der Waals surface area (Å²) in [5, 5.41) is 8.10. The summed E-state index contributed by atoms with van der Waals surface area (Å²) in [6, 6.07) is 1.73. The third-order valence-corrected chi connectivity index (χ3v) is 3.93. The van der Waals surface area contributed by atoms with Gasteiger partial charge in [0.15, 0.2) is 5.82 Å². The van der Waals surface area contributed by atoms with Gasteiger partial charge in [0.2, 0.25) is 0 Å². The lowest BCUT2D eigenvalue weighted by atomic mass is 10.4. The molecule has 0 aromatic carbocycles. The number of anilines is 1. The van der Waals surface area contributed by atoms with E-state index in [2.05, 4.69) is 14.9 Å². The summed E-state index contributed by atoms with van der Waals surface area (Å²) in [5.41, 5.74) is 0. The molecule has 0 amide bonds. The quantitative estimate of drug-likeness (QED) is 0.901. The molecule has 0 aliphatic heterocycles. The molecule has 0 fully saturated rings. The van der Waals surface area contributed by atoms with Gasteiger partial charge in [0, 0.05) is 31.0 Å². The summed E-state index contributed by atoms with van der Waals surface area (Å²) < 4.78 is 29.9. The number of aryl methyl sites for hydroxylation is 1. The second kappa shape index (κ2) is 5.04. The molecule has 1 N–H and O–H groups in total. The zero-order valence-corrected chi connectivity index (χ0v) is 11.9. The number of aromatic nitrogens is 4. The van der Waals surface area contributed by atoms with E-state index in [-0.39, 0.29) is 10.9 Å². The van der Waals surface area contributed by atoms with Crippen LogP contribution in [0.4, 0.5) is 5.82 Å². The van der Waals surface area contributed by atoms with E-state index in [1.54, 1.807) is 21.6 Å². The van der Waals surface area contributed by atoms with Gasteiger partial charge < -0.3 is 0 Å². The van der Waals surface area contributed by atoms with Crippen LogP contribution >= 0.6 is 0 Å². The summed E-state index contributed by atoms with van der Waals surface area (Å²) in [6.07, 6.45) is 4.55. The Bertz CT molecular complexity index is 656. The maximum Gasteiger partial charge on any atom is 0.266 e. The number of hydrogen-bond acceptors (Lipinski definition) is 4. The van der Waals surface area contributed by atoms with Crippen LogP contribution in [0.1, 0.15) is 26.8 Å². The van der Waals surface area contributed by atoms with E-state index in [1.807, 2.05) is 20.8 Å². The minimum atomic E-state index is -3.63. The molecule has 0 atom stereocenters. The van der Waals surface area contributed by atoms with Gasteiger partial charge in [0.1, 0.15) is 4.90 Å². The molecule has 0 unspecified atom stereocenters. The number of sulfonamides is 1. The predicted octanol–water partition coefficient (Wildman–Crippen LogP) is 1.48. The van der Waals surface area contributed by atoms with Crippen molar-refractivity contribution in [3.05, 3.63) is 24.7 Å². The molecular formula is C11H17N5O2S. The lowest BCUT2D eigenvalue weighted by Crippen LogP contribution is -2.13. The predicted molar refractivity (Wildman–Crippen MR) is 71.3 cm³/mol. The fourth-order valence-electron chi connectivity index (χ4n) is 1.53. The first kappa shape index (κ1) is 13.6. The lowest BCUT2D eigenvalue weighted by Gasteiger charge is -2.04. The Labute approximate surface area is 112 Å². The Balaban J connectivity index is 2.21. The van der Waals surface area contributed by atoms with Crippen molar-refractivity contribution in [2.75, 3.05) is 4.72 Å². The number of hydrogen-bond donors (Lipinski definition) is 1. The van der Waals surface area contributed by atoms with Crippen molar-refractivity contribution >= 4 is 15.8 Å². The Kier molecular flexibility index (Phi) is 3.61. The van der Waals surface area contributed by atoms with Gasteiger partial charge in [-0.15, -0.1) is 0 Å². The normalized spacial score (nSPS) is 12.0. The van der Waals surface area contributed by atoms with Crippen LogP contribution in [0.25, 0.3) is 0 Å². The van der Waals surface area contributed by atoms with Crippen molar-refractivity contribution in [2.45, 2.75) is 38.3 Å². The molecule has 0 aliphatic rings. The third-order valence-electron chi connectivity index (χ3n) is 2.62. The van der Waals surface area contributed by atoms with Crippen molar-refractivity contribution in [3.63, 3.8) is 0 Å². The van der Waals surface area contributed by atoms with Gasteiger partial charge in [-0.2, -0.15) is 10.2 Å². The molecule has 19 heavy (non-hydrogen) atoms. The van der Waals surface area contributed by atoms with E-state index in [0.717, 1.165) is 0 Å². The molecule has 0 saturated carbocycles. The highest BCUT2D eigenvalue weighted by Crippen LogP contribution is 2.15. The zero-order chi connectivity index (χ0) is 14.0. The number of rotatable bonds is 5. The third kappa shape index (κ3) is 2.95. The average molecular weight is 283 g/mol. The molecule has 7 nitrogen and oxygen atoms in total. The molecule has 2 aromatic heterocycles. The van der Waals surface area contributed by atoms with E-state index in [9.17, 15) is 8.42 Å². The zero-order valence-electron chi connectivity index (χ0n) is 11.1. The Hall–Kier alpha value is -1.83. The molecule has 0 aliphatic carbocycles. The Morgan fingerprint density at radius 3 is 2.68 bits per heavy atom. The molecule has 0 bridgehead atoms. The van der Waals surface area contributed by atoms with Crippen LogP contribution in [0.3, 0.4) is 0 Å². The molecule has 8 heteroatoms. The van der Waals surface area contributed by atoms with Crippen LogP contribution in [0, 0.1) is 0 Å². The highest BCUT2D eigenvalue weighted by atomic mass is 32.2. The summed E-state index contributed by atoms with van der Waals surface area (Å²) >= 11 is 0. The van der Waals surface area contributed by atoms with Crippen LogP contribution < -0.4 is 4.72 Å². The van der Waals surface area contributed by atoms with Crippen molar-refractivity contribution < 1.29 is 8.42 Å². The fraction of sp³-hybridized carbons (Fsp3) is 0.455. The second-order valence-electron chi connectivity index (χ2n) is 4.41. The van der Waals surface area contributed by atoms with Crippen LogP contribution in [0.15, 0.2) is 29.6 Å². The topological polar surface area (TPSA) is 81.8 Å². The molecule has 2 rings (SSSR count). The van der Waals surface area contributed by atoms with Crippen LogP contribution in [0.5, 0.6) is 0 Å². The van der Waals surface area contributed by atoms with Gasteiger partial charge in [0.05, 0.1) is 6.20 Å². The smallest absolute Gasteiger partial charge is 0.266 e. The summed E-state index contributed by atoms with van der Waals surface area (Å²) in [4.78, 5) is 0.132. The highest BCUT2D eigenvalue weighted by Gasteiger charge is 2.18. The van der Waals surface area contributed by atoms with Gasteiger partial charge >= 0.3 is 0 Å². The highest BCUT2D eigenvalue weighted by molar-refractivity contribution is 7.92. The second-order valence-corrected chi connectivity index (χ2v) is 6.09. The van der Waals surface area contributed by atoms with Gasteiger partial charge in [-0.25, -0.2) is 8.42 Å². The standard InChI is InChI=1S/C11H17N5O2S/c1-4-15-6-5-11(13-15)14-19(17,18)10-7-12-16(8-10)9(2)3/h5-9H,4H2,1-3H3,(H,13,14). The Morgan fingerprint density at radius 1 is 1.42 bits per heavy atom.